The Morgan fingerprint density at radius 2 is 1.65 bits per heavy atom. The van der Waals surface area contributed by atoms with Crippen molar-refractivity contribution in [1.82, 2.24) is 4.90 Å². The number of benzene rings is 2. The molecule has 1 heterocycles. The van der Waals surface area contributed by atoms with Gasteiger partial charge in [-0.3, -0.25) is 4.79 Å². The molecule has 0 bridgehead atoms. The molecule has 0 N–H and O–H groups in total. The van der Waals surface area contributed by atoms with E-state index in [1.54, 1.807) is 0 Å². The smallest absolute Gasteiger partial charge is 0.238 e. The normalized spacial score (nSPS) is 13.9. The lowest BCUT2D eigenvalue weighted by Crippen LogP contribution is -2.31. The molecule has 2 aromatic carbocycles. The third kappa shape index (κ3) is 3.10. The predicted octanol–water partition coefficient (Wildman–Crippen LogP) is 2.28. The summed E-state index contributed by atoms with van der Waals surface area (Å²) in [5.41, 5.74) is 1.93. The van der Waals surface area contributed by atoms with Gasteiger partial charge in [-0.15, -0.1) is 0 Å². The van der Waals surface area contributed by atoms with Crippen LogP contribution in [0, 0.1) is 11.6 Å². The number of halogens is 2. The summed E-state index contributed by atoms with van der Waals surface area (Å²) in [4.78, 5) is 13.0. The van der Waals surface area contributed by atoms with Crippen molar-refractivity contribution >= 4 is 15.7 Å². The van der Waals surface area contributed by atoms with Crippen molar-refractivity contribution in [2.45, 2.75) is 18.0 Å². The molecule has 0 atom stereocenters. The van der Waals surface area contributed by atoms with Gasteiger partial charge >= 0.3 is 0 Å². The van der Waals surface area contributed by atoms with E-state index in [-0.39, 0.29) is 0 Å². The fraction of sp³-hybridized carbons (Fsp3) is 0.188. The first-order chi connectivity index (χ1) is 10.9. The number of hydrogen-bond donors (Lipinski definition) is 0. The lowest BCUT2D eigenvalue weighted by Gasteiger charge is -2.15. The van der Waals surface area contributed by atoms with Crippen LogP contribution in [0.25, 0.3) is 0 Å². The van der Waals surface area contributed by atoms with E-state index in [0.29, 0.717) is 19.2 Å². The van der Waals surface area contributed by atoms with Crippen LogP contribution in [0.15, 0.2) is 47.4 Å². The van der Waals surface area contributed by atoms with E-state index in [1.807, 2.05) is 24.3 Å². The summed E-state index contributed by atoms with van der Waals surface area (Å²) in [6, 6.07) is 9.61. The monoisotopic (exact) mass is 337 g/mol. The van der Waals surface area contributed by atoms with E-state index in [4.69, 9.17) is 0 Å². The summed E-state index contributed by atoms with van der Waals surface area (Å²) in [7, 11) is -4.16. The Balaban J connectivity index is 1.78. The van der Waals surface area contributed by atoms with Crippen molar-refractivity contribution in [2.24, 2.45) is 0 Å². The van der Waals surface area contributed by atoms with Crippen molar-refractivity contribution < 1.29 is 22.0 Å². The van der Waals surface area contributed by atoms with Crippen LogP contribution in [0.4, 0.5) is 8.78 Å². The van der Waals surface area contributed by atoms with Gasteiger partial charge in [-0.2, -0.15) is 0 Å². The highest BCUT2D eigenvalue weighted by Gasteiger charge is 2.29. The molecule has 0 fully saturated rings. The second kappa shape index (κ2) is 5.73. The van der Waals surface area contributed by atoms with E-state index in [0.717, 1.165) is 23.3 Å². The molecule has 3 rings (SSSR count). The second-order valence-corrected chi connectivity index (χ2v) is 7.31. The third-order valence-electron chi connectivity index (χ3n) is 3.74. The molecule has 1 amide bonds. The molecular formula is C16H13F2NO3S. The van der Waals surface area contributed by atoms with Crippen LogP contribution in [0.2, 0.25) is 0 Å². The third-order valence-corrected chi connectivity index (χ3v) is 5.36. The zero-order chi connectivity index (χ0) is 16.6. The number of sulfone groups is 1. The summed E-state index contributed by atoms with van der Waals surface area (Å²) in [6.45, 7) is 0.660. The van der Waals surface area contributed by atoms with Gasteiger partial charge in [0, 0.05) is 19.2 Å². The first-order valence-corrected chi connectivity index (χ1v) is 8.54. The number of rotatable bonds is 3. The SMILES string of the molecule is O=C(CS(=O)(=O)c1ccc(F)cc1F)N1Cc2ccccc2C1. The lowest BCUT2D eigenvalue weighted by molar-refractivity contribution is -0.129. The largest absolute Gasteiger partial charge is 0.333 e. The number of nitrogens with zero attached hydrogens (tertiary/aromatic N) is 1. The molecule has 7 heteroatoms. The first-order valence-electron chi connectivity index (χ1n) is 6.89. The van der Waals surface area contributed by atoms with Crippen LogP contribution >= 0.6 is 0 Å². The van der Waals surface area contributed by atoms with Gasteiger partial charge in [-0.1, -0.05) is 24.3 Å². The Morgan fingerprint density at radius 1 is 1.04 bits per heavy atom. The molecule has 120 valence electrons. The molecule has 0 saturated carbocycles. The van der Waals surface area contributed by atoms with Gasteiger partial charge in [-0.05, 0) is 23.3 Å². The van der Waals surface area contributed by atoms with E-state index in [9.17, 15) is 22.0 Å². The van der Waals surface area contributed by atoms with Gasteiger partial charge in [0.05, 0.1) is 0 Å². The quantitative estimate of drug-likeness (QED) is 0.808. The van der Waals surface area contributed by atoms with Crippen molar-refractivity contribution in [3.05, 3.63) is 65.2 Å². The molecule has 1 aliphatic rings. The molecule has 0 spiro atoms. The van der Waals surface area contributed by atoms with Crippen LogP contribution < -0.4 is 0 Å². The molecule has 0 radical (unpaired) electrons. The van der Waals surface area contributed by atoms with Crippen molar-refractivity contribution in [3.63, 3.8) is 0 Å². The number of fused-ring (bicyclic) bond motifs is 1. The van der Waals surface area contributed by atoms with E-state index in [1.165, 1.54) is 4.90 Å². The highest BCUT2D eigenvalue weighted by atomic mass is 32.2. The minimum atomic E-state index is -4.16. The molecular weight excluding hydrogens is 324 g/mol. The summed E-state index contributed by atoms with van der Waals surface area (Å²) in [5, 5.41) is 0. The maximum atomic E-state index is 13.6. The fourth-order valence-electron chi connectivity index (χ4n) is 2.57. The first kappa shape index (κ1) is 15.6. The van der Waals surface area contributed by atoms with Crippen molar-refractivity contribution in [3.8, 4) is 0 Å². The lowest BCUT2D eigenvalue weighted by atomic mass is 10.1. The minimum Gasteiger partial charge on any atom is -0.333 e. The summed E-state index contributed by atoms with van der Waals surface area (Å²) in [6.07, 6.45) is 0. The summed E-state index contributed by atoms with van der Waals surface area (Å²) < 4.78 is 50.9. The topological polar surface area (TPSA) is 54.5 Å². The zero-order valence-corrected chi connectivity index (χ0v) is 12.8. The highest BCUT2D eigenvalue weighted by molar-refractivity contribution is 7.92. The van der Waals surface area contributed by atoms with Gasteiger partial charge in [0.15, 0.2) is 9.84 Å². The molecule has 2 aromatic rings. The predicted molar refractivity (Wildman–Crippen MR) is 79.1 cm³/mol. The maximum Gasteiger partial charge on any atom is 0.238 e. The molecule has 0 aliphatic carbocycles. The van der Waals surface area contributed by atoms with E-state index in [2.05, 4.69) is 0 Å². The zero-order valence-electron chi connectivity index (χ0n) is 12.0. The number of carbonyl (C=O) groups is 1. The van der Waals surface area contributed by atoms with Crippen LogP contribution in [0.5, 0.6) is 0 Å². The van der Waals surface area contributed by atoms with E-state index >= 15 is 0 Å². The Labute approximate surface area is 132 Å². The second-order valence-electron chi connectivity index (χ2n) is 5.35. The van der Waals surface area contributed by atoms with Crippen molar-refractivity contribution in [1.29, 1.82) is 0 Å². The fourth-order valence-corrected chi connectivity index (χ4v) is 3.86. The average molecular weight is 337 g/mol. The maximum absolute atomic E-state index is 13.6. The van der Waals surface area contributed by atoms with Gasteiger partial charge in [-0.25, -0.2) is 17.2 Å². The molecule has 4 nitrogen and oxygen atoms in total. The molecule has 23 heavy (non-hydrogen) atoms. The Kier molecular flexibility index (Phi) is 3.89. The minimum absolute atomic E-state index is 0.330. The Hall–Kier alpha value is -2.28. The van der Waals surface area contributed by atoms with Gasteiger partial charge < -0.3 is 4.90 Å². The average Bonchev–Trinajstić information content (AvgIpc) is 2.90. The number of carbonyl (C=O) groups excluding carboxylic acids is 1. The number of amides is 1. The standard InChI is InChI=1S/C16H13F2NO3S/c17-13-5-6-15(14(18)7-13)23(21,22)10-16(20)19-8-11-3-1-2-4-12(11)9-19/h1-7H,8-10H2. The molecule has 0 unspecified atom stereocenters. The Bertz CT molecular complexity index is 856. The van der Waals surface area contributed by atoms with Crippen LogP contribution in [0.1, 0.15) is 11.1 Å². The van der Waals surface area contributed by atoms with Crippen molar-refractivity contribution in [2.75, 3.05) is 5.75 Å². The van der Waals surface area contributed by atoms with Crippen LogP contribution in [0.3, 0.4) is 0 Å². The number of hydrogen-bond acceptors (Lipinski definition) is 3. The van der Waals surface area contributed by atoms with Crippen LogP contribution in [-0.4, -0.2) is 25.0 Å². The van der Waals surface area contributed by atoms with Gasteiger partial charge in [0.1, 0.15) is 22.3 Å². The van der Waals surface area contributed by atoms with E-state index < -0.39 is 38.0 Å². The Morgan fingerprint density at radius 3 is 2.22 bits per heavy atom. The highest BCUT2D eigenvalue weighted by Crippen LogP contribution is 2.24. The summed E-state index contributed by atoms with van der Waals surface area (Å²) >= 11 is 0. The molecule has 1 aliphatic heterocycles. The molecule has 0 saturated heterocycles. The molecule has 0 aromatic heterocycles. The van der Waals surface area contributed by atoms with Gasteiger partial charge in [0.25, 0.3) is 0 Å². The summed E-state index contributed by atoms with van der Waals surface area (Å²) in [5.74, 6) is -3.51. The van der Waals surface area contributed by atoms with Crippen LogP contribution in [-0.2, 0) is 27.7 Å². The van der Waals surface area contributed by atoms with Gasteiger partial charge in [0.2, 0.25) is 5.91 Å².